The maximum absolute atomic E-state index is 9.97. The van der Waals surface area contributed by atoms with E-state index in [9.17, 15) is 4.79 Å². The smallest absolute Gasteiger partial charge is 0.332 e. The van der Waals surface area contributed by atoms with Crippen molar-refractivity contribution >= 4 is 5.97 Å². The monoisotopic (exact) mass is 129 g/mol. The third kappa shape index (κ3) is 3.50. The Kier molecular flexibility index (Phi) is 3.40. The number of rotatable bonds is 3. The topological polar surface area (TPSA) is 70.3 Å². The molecule has 0 aliphatic carbocycles. The van der Waals surface area contributed by atoms with Gasteiger partial charge >= 0.3 is 5.97 Å². The van der Waals surface area contributed by atoms with Crippen LogP contribution in [0.15, 0.2) is 0 Å². The van der Waals surface area contributed by atoms with E-state index in [1.807, 2.05) is 0 Å². The molecule has 0 rings (SSSR count). The number of carbonyl (C=O) groups is 1. The Morgan fingerprint density at radius 2 is 2.56 bits per heavy atom. The van der Waals surface area contributed by atoms with Crippen molar-refractivity contribution in [3.05, 3.63) is 0 Å². The Hall–Kier alpha value is -1.08. The van der Waals surface area contributed by atoms with Crippen LogP contribution in [0.3, 0.4) is 0 Å². The molecular weight excluding hydrogens is 122 g/mol. The van der Waals surface area contributed by atoms with Gasteiger partial charge in [0.2, 0.25) is 0 Å². The largest absolute Gasteiger partial charge is 0.479 e. The molecule has 0 aromatic rings. The Bertz CT molecular complexity index is 138. The van der Waals surface area contributed by atoms with Crippen molar-refractivity contribution in [2.45, 2.75) is 13.0 Å². The molecule has 0 aromatic heterocycles. The Labute approximate surface area is 52.7 Å². The highest BCUT2D eigenvalue weighted by molar-refractivity contribution is 5.71. The van der Waals surface area contributed by atoms with E-state index in [-0.39, 0.29) is 6.61 Å². The van der Waals surface area contributed by atoms with Crippen molar-refractivity contribution in [2.75, 3.05) is 6.61 Å². The maximum Gasteiger partial charge on any atom is 0.332 e. The van der Waals surface area contributed by atoms with Crippen molar-refractivity contribution in [3.63, 3.8) is 0 Å². The van der Waals surface area contributed by atoms with Gasteiger partial charge in [0, 0.05) is 0 Å². The SMILES string of the molecule is C[C@@H](OCC#N)C(=O)O. The van der Waals surface area contributed by atoms with Crippen molar-refractivity contribution in [1.29, 1.82) is 5.26 Å². The summed E-state index contributed by atoms with van der Waals surface area (Å²) in [7, 11) is 0. The molecule has 1 atom stereocenters. The number of nitrogens with zero attached hydrogens (tertiary/aromatic N) is 1. The molecule has 0 unspecified atom stereocenters. The van der Waals surface area contributed by atoms with Gasteiger partial charge in [-0.2, -0.15) is 5.26 Å². The first kappa shape index (κ1) is 7.92. The van der Waals surface area contributed by atoms with Gasteiger partial charge in [-0.25, -0.2) is 4.79 Å². The highest BCUT2D eigenvalue weighted by Gasteiger charge is 2.09. The fraction of sp³-hybridized carbons (Fsp3) is 0.600. The molecule has 0 radical (unpaired) electrons. The van der Waals surface area contributed by atoms with E-state index in [2.05, 4.69) is 4.74 Å². The zero-order chi connectivity index (χ0) is 7.28. The van der Waals surface area contributed by atoms with Gasteiger partial charge in [0.15, 0.2) is 6.10 Å². The van der Waals surface area contributed by atoms with Gasteiger partial charge in [-0.15, -0.1) is 0 Å². The predicted molar refractivity (Wildman–Crippen MR) is 28.7 cm³/mol. The zero-order valence-electron chi connectivity index (χ0n) is 5.00. The Morgan fingerprint density at radius 3 is 2.89 bits per heavy atom. The second-order valence-electron chi connectivity index (χ2n) is 1.45. The number of hydrogen-bond donors (Lipinski definition) is 1. The number of carboxylic acid groups (broad SMARTS) is 1. The molecule has 4 heteroatoms. The lowest BCUT2D eigenvalue weighted by Crippen LogP contribution is -2.19. The lowest BCUT2D eigenvalue weighted by molar-refractivity contribution is -0.148. The highest BCUT2D eigenvalue weighted by atomic mass is 16.5. The quantitative estimate of drug-likeness (QED) is 0.582. The second-order valence-corrected chi connectivity index (χ2v) is 1.45. The molecule has 0 amide bonds. The van der Waals surface area contributed by atoms with E-state index in [1.165, 1.54) is 6.92 Å². The lowest BCUT2D eigenvalue weighted by atomic mass is 10.4. The van der Waals surface area contributed by atoms with Gasteiger partial charge in [-0.1, -0.05) is 0 Å². The maximum atomic E-state index is 9.97. The zero-order valence-corrected chi connectivity index (χ0v) is 5.00. The lowest BCUT2D eigenvalue weighted by Gasteiger charge is -2.01. The highest BCUT2D eigenvalue weighted by Crippen LogP contribution is 1.87. The van der Waals surface area contributed by atoms with Crippen LogP contribution in [0.5, 0.6) is 0 Å². The fourth-order valence-corrected chi connectivity index (χ4v) is 0.234. The summed E-state index contributed by atoms with van der Waals surface area (Å²) < 4.78 is 4.49. The second kappa shape index (κ2) is 3.87. The number of carboxylic acids is 1. The molecule has 0 bridgehead atoms. The van der Waals surface area contributed by atoms with Crippen LogP contribution in [0.2, 0.25) is 0 Å². The minimum Gasteiger partial charge on any atom is -0.479 e. The standard InChI is InChI=1S/C5H7NO3/c1-4(5(7)8)9-3-2-6/h4H,3H2,1H3,(H,7,8)/t4-/m1/s1. The first-order chi connectivity index (χ1) is 4.18. The van der Waals surface area contributed by atoms with Crippen molar-refractivity contribution in [2.24, 2.45) is 0 Å². The van der Waals surface area contributed by atoms with E-state index >= 15 is 0 Å². The Morgan fingerprint density at radius 1 is 2.00 bits per heavy atom. The number of nitriles is 1. The van der Waals surface area contributed by atoms with E-state index in [0.717, 1.165) is 0 Å². The third-order valence-electron chi connectivity index (χ3n) is 0.746. The van der Waals surface area contributed by atoms with Crippen LogP contribution in [-0.4, -0.2) is 23.8 Å². The summed E-state index contributed by atoms with van der Waals surface area (Å²) in [6.07, 6.45) is -0.885. The van der Waals surface area contributed by atoms with Crippen LogP contribution in [0.25, 0.3) is 0 Å². The van der Waals surface area contributed by atoms with Crippen LogP contribution in [0.4, 0.5) is 0 Å². The van der Waals surface area contributed by atoms with Crippen LogP contribution in [0, 0.1) is 11.3 Å². The van der Waals surface area contributed by atoms with Gasteiger partial charge in [0.05, 0.1) is 6.07 Å². The van der Waals surface area contributed by atoms with Gasteiger partial charge in [0.25, 0.3) is 0 Å². The Balaban J connectivity index is 3.41. The summed E-state index contributed by atoms with van der Waals surface area (Å²) in [5, 5.41) is 16.1. The summed E-state index contributed by atoms with van der Waals surface area (Å²) in [6, 6.07) is 1.67. The van der Waals surface area contributed by atoms with E-state index < -0.39 is 12.1 Å². The van der Waals surface area contributed by atoms with Crippen molar-refractivity contribution < 1.29 is 14.6 Å². The summed E-state index contributed by atoms with van der Waals surface area (Å²) in [6.45, 7) is 1.20. The van der Waals surface area contributed by atoms with Gasteiger partial charge in [-0.05, 0) is 6.92 Å². The van der Waals surface area contributed by atoms with Crippen molar-refractivity contribution in [1.82, 2.24) is 0 Å². The predicted octanol–water partition coefficient (Wildman–Crippen LogP) is -0.000320. The number of ether oxygens (including phenoxy) is 1. The van der Waals surface area contributed by atoms with Crippen molar-refractivity contribution in [3.8, 4) is 6.07 Å². The molecule has 9 heavy (non-hydrogen) atoms. The van der Waals surface area contributed by atoms with Crippen LogP contribution < -0.4 is 0 Å². The van der Waals surface area contributed by atoms with E-state index in [4.69, 9.17) is 10.4 Å². The molecule has 0 saturated heterocycles. The fourth-order valence-electron chi connectivity index (χ4n) is 0.234. The van der Waals surface area contributed by atoms with Crippen LogP contribution >= 0.6 is 0 Å². The third-order valence-corrected chi connectivity index (χ3v) is 0.746. The molecule has 4 nitrogen and oxygen atoms in total. The minimum atomic E-state index is -1.05. The first-order valence-corrected chi connectivity index (χ1v) is 2.40. The molecule has 50 valence electrons. The molecule has 1 N–H and O–H groups in total. The molecule has 0 aliphatic heterocycles. The molecule has 0 aliphatic rings. The summed E-state index contributed by atoms with van der Waals surface area (Å²) in [5.41, 5.74) is 0. The normalized spacial score (nSPS) is 12.0. The van der Waals surface area contributed by atoms with Crippen LogP contribution in [0.1, 0.15) is 6.92 Å². The average Bonchev–Trinajstić information content (AvgIpc) is 1.82. The molecule has 0 heterocycles. The first-order valence-electron chi connectivity index (χ1n) is 2.40. The molecule has 0 aromatic carbocycles. The average molecular weight is 129 g/mol. The number of hydrogen-bond acceptors (Lipinski definition) is 3. The number of aliphatic carboxylic acids is 1. The van der Waals surface area contributed by atoms with Crippen LogP contribution in [-0.2, 0) is 9.53 Å². The molecule has 0 fully saturated rings. The summed E-state index contributed by atoms with van der Waals surface area (Å²) in [5.74, 6) is -1.05. The van der Waals surface area contributed by atoms with Gasteiger partial charge in [0.1, 0.15) is 6.61 Å². The molecule has 0 saturated carbocycles. The summed E-state index contributed by atoms with van der Waals surface area (Å²) >= 11 is 0. The van der Waals surface area contributed by atoms with Gasteiger partial charge in [-0.3, -0.25) is 0 Å². The summed E-state index contributed by atoms with van der Waals surface area (Å²) in [4.78, 5) is 9.97. The van der Waals surface area contributed by atoms with E-state index in [0.29, 0.717) is 0 Å². The molecule has 0 spiro atoms. The van der Waals surface area contributed by atoms with Gasteiger partial charge < -0.3 is 9.84 Å². The van der Waals surface area contributed by atoms with E-state index in [1.54, 1.807) is 6.07 Å². The minimum absolute atomic E-state index is 0.173. The molecular formula is C5H7NO3.